The number of rotatable bonds is 3. The Morgan fingerprint density at radius 1 is 0.536 bits per heavy atom. The molecule has 0 spiro atoms. The molecule has 1 heterocycles. The van der Waals surface area contributed by atoms with Crippen molar-refractivity contribution in [3.05, 3.63) is 113 Å². The smallest absolute Gasteiger partial charge is 0.0541 e. The van der Waals surface area contributed by atoms with Gasteiger partial charge < -0.3 is 4.57 Å². The molecule has 2 heteroatoms. The summed E-state index contributed by atoms with van der Waals surface area (Å²) in [6.45, 7) is 0. The van der Waals surface area contributed by atoms with E-state index in [0.717, 1.165) is 4.47 Å². The summed E-state index contributed by atoms with van der Waals surface area (Å²) in [6.07, 6.45) is 4.29. The van der Waals surface area contributed by atoms with E-state index in [1.54, 1.807) is 0 Å². The van der Waals surface area contributed by atoms with Gasteiger partial charge in [0.25, 0.3) is 0 Å². The van der Waals surface area contributed by atoms with E-state index in [1.807, 2.05) is 0 Å². The zero-order chi connectivity index (χ0) is 18.9. The maximum Gasteiger partial charge on any atom is 0.0541 e. The van der Waals surface area contributed by atoms with Gasteiger partial charge in [-0.25, -0.2) is 0 Å². The summed E-state index contributed by atoms with van der Waals surface area (Å²) in [5.41, 5.74) is 6.03. The minimum Gasteiger partial charge on any atom is -0.309 e. The molecular formula is C26H18BrN. The third-order valence-electron chi connectivity index (χ3n) is 5.07. The lowest BCUT2D eigenvalue weighted by Crippen LogP contribution is -1.93. The third-order valence-corrected chi connectivity index (χ3v) is 5.60. The molecule has 0 N–H and O–H groups in total. The first-order valence-electron chi connectivity index (χ1n) is 9.32. The van der Waals surface area contributed by atoms with Crippen LogP contribution in [0.25, 0.3) is 39.6 Å². The number of nitrogens with zero attached hydrogens (tertiary/aromatic N) is 1. The van der Waals surface area contributed by atoms with Gasteiger partial charge in [-0.15, -0.1) is 0 Å². The lowest BCUT2D eigenvalue weighted by Gasteiger charge is -2.08. The van der Waals surface area contributed by atoms with Crippen molar-refractivity contribution in [2.75, 3.05) is 0 Å². The molecule has 0 saturated carbocycles. The minimum atomic E-state index is 1.10. The van der Waals surface area contributed by atoms with E-state index in [1.165, 1.54) is 38.6 Å². The topological polar surface area (TPSA) is 4.93 Å². The Morgan fingerprint density at radius 2 is 1.00 bits per heavy atom. The van der Waals surface area contributed by atoms with E-state index >= 15 is 0 Å². The van der Waals surface area contributed by atoms with Crippen LogP contribution in [0.5, 0.6) is 0 Å². The molecule has 134 valence electrons. The maximum atomic E-state index is 3.48. The summed E-state index contributed by atoms with van der Waals surface area (Å²) < 4.78 is 3.44. The summed E-state index contributed by atoms with van der Waals surface area (Å²) in [7, 11) is 0. The van der Waals surface area contributed by atoms with Crippen LogP contribution in [0.15, 0.2) is 102 Å². The van der Waals surface area contributed by atoms with Gasteiger partial charge in [-0.3, -0.25) is 0 Å². The van der Waals surface area contributed by atoms with Crippen LogP contribution in [-0.2, 0) is 0 Å². The van der Waals surface area contributed by atoms with Crippen LogP contribution < -0.4 is 0 Å². The summed E-state index contributed by atoms with van der Waals surface area (Å²) >= 11 is 3.48. The number of halogens is 1. The lowest BCUT2D eigenvalue weighted by atomic mass is 10.1. The fraction of sp³-hybridized carbons (Fsp3) is 0. The van der Waals surface area contributed by atoms with E-state index < -0.39 is 0 Å². The highest BCUT2D eigenvalue weighted by Crippen LogP contribution is 2.31. The molecule has 1 aromatic heterocycles. The van der Waals surface area contributed by atoms with Crippen LogP contribution >= 0.6 is 15.9 Å². The molecular weight excluding hydrogens is 406 g/mol. The molecule has 5 aromatic rings. The van der Waals surface area contributed by atoms with Gasteiger partial charge in [-0.05, 0) is 47.5 Å². The van der Waals surface area contributed by atoms with Gasteiger partial charge in [0.2, 0.25) is 0 Å². The average molecular weight is 424 g/mol. The number of hydrogen-bond donors (Lipinski definition) is 0. The van der Waals surface area contributed by atoms with Gasteiger partial charge in [0, 0.05) is 20.9 Å². The molecule has 0 fully saturated rings. The molecule has 0 bridgehead atoms. The Labute approximate surface area is 172 Å². The van der Waals surface area contributed by atoms with Crippen LogP contribution in [0, 0.1) is 0 Å². The Balaban J connectivity index is 1.55. The molecule has 0 atom stereocenters. The van der Waals surface area contributed by atoms with E-state index in [0.29, 0.717) is 0 Å². The third kappa shape index (κ3) is 3.06. The maximum absolute atomic E-state index is 3.48. The highest BCUT2D eigenvalue weighted by atomic mass is 79.9. The Hall–Kier alpha value is -3.10. The van der Waals surface area contributed by atoms with Crippen LogP contribution in [0.3, 0.4) is 0 Å². The molecule has 0 aliphatic carbocycles. The van der Waals surface area contributed by atoms with Crippen molar-refractivity contribution in [2.24, 2.45) is 0 Å². The standard InChI is InChI=1S/C26H18BrN/c27-21-15-11-19(12-16-21)9-10-20-13-17-22(18-14-20)28-25-7-3-1-5-23(25)24-6-2-4-8-26(24)28/h1-18H/b10-9-. The molecule has 1 nitrogen and oxygen atoms in total. The number of para-hydroxylation sites is 2. The van der Waals surface area contributed by atoms with Crippen molar-refractivity contribution < 1.29 is 0 Å². The monoisotopic (exact) mass is 423 g/mol. The highest BCUT2D eigenvalue weighted by molar-refractivity contribution is 9.10. The zero-order valence-corrected chi connectivity index (χ0v) is 16.8. The first-order valence-corrected chi connectivity index (χ1v) is 10.1. The Morgan fingerprint density at radius 3 is 1.54 bits per heavy atom. The zero-order valence-electron chi connectivity index (χ0n) is 15.2. The normalized spacial score (nSPS) is 11.6. The summed E-state index contributed by atoms with van der Waals surface area (Å²) in [4.78, 5) is 0. The van der Waals surface area contributed by atoms with E-state index in [-0.39, 0.29) is 0 Å². The molecule has 0 aliphatic rings. The van der Waals surface area contributed by atoms with Gasteiger partial charge in [-0.1, -0.05) is 88.7 Å². The summed E-state index contributed by atoms with van der Waals surface area (Å²) in [5, 5.41) is 2.58. The number of hydrogen-bond acceptors (Lipinski definition) is 0. The fourth-order valence-electron chi connectivity index (χ4n) is 3.70. The predicted octanol–water partition coefficient (Wildman–Crippen LogP) is 7.72. The Bertz CT molecular complexity index is 1240. The molecule has 5 rings (SSSR count). The SMILES string of the molecule is Brc1ccc(/C=C\c2ccc(-n3c4ccccc4c4ccccc43)cc2)cc1. The van der Waals surface area contributed by atoms with E-state index in [2.05, 4.69) is 130 Å². The van der Waals surface area contributed by atoms with Gasteiger partial charge in [0.1, 0.15) is 0 Å². The predicted molar refractivity (Wildman–Crippen MR) is 124 cm³/mol. The molecule has 0 aliphatic heterocycles. The van der Waals surface area contributed by atoms with Crippen molar-refractivity contribution in [3.8, 4) is 5.69 Å². The first-order chi connectivity index (χ1) is 13.8. The van der Waals surface area contributed by atoms with Gasteiger partial charge in [-0.2, -0.15) is 0 Å². The van der Waals surface area contributed by atoms with Crippen molar-refractivity contribution in [1.29, 1.82) is 0 Å². The van der Waals surface area contributed by atoms with Gasteiger partial charge in [0.05, 0.1) is 11.0 Å². The molecule has 0 saturated heterocycles. The first kappa shape index (κ1) is 17.0. The number of aromatic nitrogens is 1. The highest BCUT2D eigenvalue weighted by Gasteiger charge is 2.10. The second-order valence-electron chi connectivity index (χ2n) is 6.85. The van der Waals surface area contributed by atoms with Crippen molar-refractivity contribution in [3.63, 3.8) is 0 Å². The minimum absolute atomic E-state index is 1.10. The van der Waals surface area contributed by atoms with Crippen molar-refractivity contribution in [2.45, 2.75) is 0 Å². The van der Waals surface area contributed by atoms with Crippen LogP contribution in [0.2, 0.25) is 0 Å². The molecule has 4 aromatic carbocycles. The largest absolute Gasteiger partial charge is 0.309 e. The van der Waals surface area contributed by atoms with Crippen LogP contribution in [0.1, 0.15) is 11.1 Å². The Kier molecular flexibility index (Phi) is 4.34. The van der Waals surface area contributed by atoms with Crippen molar-refractivity contribution >= 4 is 49.9 Å². The van der Waals surface area contributed by atoms with Crippen molar-refractivity contribution in [1.82, 2.24) is 4.57 Å². The molecule has 0 unspecified atom stereocenters. The van der Waals surface area contributed by atoms with E-state index in [9.17, 15) is 0 Å². The number of benzene rings is 4. The van der Waals surface area contributed by atoms with Gasteiger partial charge >= 0.3 is 0 Å². The second-order valence-corrected chi connectivity index (χ2v) is 7.76. The molecule has 28 heavy (non-hydrogen) atoms. The second kappa shape index (κ2) is 7.14. The molecule has 0 radical (unpaired) electrons. The van der Waals surface area contributed by atoms with Gasteiger partial charge in [0.15, 0.2) is 0 Å². The quantitative estimate of drug-likeness (QED) is 0.261. The summed E-state index contributed by atoms with van der Waals surface area (Å²) in [6, 6.07) is 34.3. The summed E-state index contributed by atoms with van der Waals surface area (Å²) in [5.74, 6) is 0. The van der Waals surface area contributed by atoms with E-state index in [4.69, 9.17) is 0 Å². The average Bonchev–Trinajstić information content (AvgIpc) is 3.08. The number of fused-ring (bicyclic) bond motifs is 3. The fourth-order valence-corrected chi connectivity index (χ4v) is 3.97. The molecule has 0 amide bonds. The van der Waals surface area contributed by atoms with Crippen LogP contribution in [0.4, 0.5) is 0 Å². The lowest BCUT2D eigenvalue weighted by molar-refractivity contribution is 1.18. The van der Waals surface area contributed by atoms with Crippen LogP contribution in [-0.4, -0.2) is 4.57 Å².